The molecule has 87 heavy (non-hydrogen) atoms. The summed E-state index contributed by atoms with van der Waals surface area (Å²) in [7, 11) is -9.91. The highest BCUT2D eigenvalue weighted by molar-refractivity contribution is 7.47. The average Bonchev–Trinajstić information content (AvgIpc) is 3.50. The molecule has 0 rings (SSSR count). The molecule has 0 aromatic rings. The van der Waals surface area contributed by atoms with Crippen molar-refractivity contribution >= 4 is 39.5 Å². The smallest absolute Gasteiger partial charge is 0.462 e. The van der Waals surface area contributed by atoms with Crippen molar-refractivity contribution < 1.29 is 80.2 Å². The van der Waals surface area contributed by atoms with Gasteiger partial charge >= 0.3 is 39.5 Å². The van der Waals surface area contributed by atoms with Crippen LogP contribution in [0.4, 0.5) is 0 Å². The first kappa shape index (κ1) is 84.0. The van der Waals surface area contributed by atoms with Gasteiger partial charge in [0.15, 0.2) is 12.2 Å². The van der Waals surface area contributed by atoms with E-state index in [0.29, 0.717) is 25.7 Å². The monoisotopic (exact) mass is 1270 g/mol. The van der Waals surface area contributed by atoms with Crippen molar-refractivity contribution in [3.63, 3.8) is 0 Å². The van der Waals surface area contributed by atoms with Crippen LogP contribution in [0.25, 0.3) is 0 Å². The molecule has 0 aliphatic heterocycles. The van der Waals surface area contributed by atoms with E-state index in [1.807, 2.05) is 0 Å². The predicted octanol–water partition coefficient (Wildman–Crippen LogP) is 18.5. The summed E-state index contributed by atoms with van der Waals surface area (Å²) in [5, 5.41) is 10.5. The molecule has 3 N–H and O–H groups in total. The molecule has 0 radical (unpaired) electrons. The lowest BCUT2D eigenvalue weighted by Crippen LogP contribution is -2.30. The third-order valence-corrected chi connectivity index (χ3v) is 16.4. The third kappa shape index (κ3) is 61.6. The molecule has 0 heterocycles. The standard InChI is InChI=1S/C68H124O17P2/c1-6-9-12-15-17-19-21-23-25-27-29-33-37-42-47-52-66(71)79-58-64(85-67(72)53-48-43-38-34-30-28-26-24-22-20-18-16-13-10-7-2)60-83-87(76,77)81-56-62(69)55-80-86(74,75)82-59-63(57-78-65(70)51-46-40-14-11-8-3)84-68(73)54-49-44-39-35-31-32-36-41-45-50-61(4)5/h19-26,61-64,69H,6-18,27-60H2,1-5H3,(H,74,75)(H,76,77)/b21-19-,22-20-,25-23-,26-24-/t62-,63+,64+/m0/s1. The molecule has 0 saturated carbocycles. The summed E-state index contributed by atoms with van der Waals surface area (Å²) in [5.41, 5.74) is 0. The zero-order chi connectivity index (χ0) is 64.2. The molecular weight excluding hydrogens is 1150 g/mol. The second-order valence-electron chi connectivity index (χ2n) is 23.7. The van der Waals surface area contributed by atoms with E-state index in [4.69, 9.17) is 37.0 Å². The van der Waals surface area contributed by atoms with Crippen LogP contribution in [0.2, 0.25) is 0 Å². The van der Waals surface area contributed by atoms with E-state index in [0.717, 1.165) is 134 Å². The summed E-state index contributed by atoms with van der Waals surface area (Å²) < 4.78 is 67.9. The molecule has 2 unspecified atom stereocenters. The van der Waals surface area contributed by atoms with Crippen molar-refractivity contribution in [1.82, 2.24) is 0 Å². The fourth-order valence-electron chi connectivity index (χ4n) is 9.21. The molecule has 0 aliphatic carbocycles. The molecule has 19 heteroatoms. The fourth-order valence-corrected chi connectivity index (χ4v) is 10.8. The second kappa shape index (κ2) is 60.6. The van der Waals surface area contributed by atoms with Gasteiger partial charge in [-0.1, -0.05) is 244 Å². The Morgan fingerprint density at radius 3 is 0.943 bits per heavy atom. The first-order chi connectivity index (χ1) is 42.0. The fraction of sp³-hybridized carbons (Fsp3) is 0.824. The third-order valence-electron chi connectivity index (χ3n) is 14.5. The van der Waals surface area contributed by atoms with Crippen LogP contribution in [0, 0.1) is 5.92 Å². The summed E-state index contributed by atoms with van der Waals surface area (Å²) in [6.07, 6.45) is 52.0. The number of hydrogen-bond donors (Lipinski definition) is 3. The number of rotatable bonds is 64. The van der Waals surface area contributed by atoms with Crippen LogP contribution in [0.15, 0.2) is 48.6 Å². The molecule has 508 valence electrons. The summed E-state index contributed by atoms with van der Waals surface area (Å²) in [6.45, 7) is 6.97. The largest absolute Gasteiger partial charge is 0.472 e. The van der Waals surface area contributed by atoms with Crippen LogP contribution in [-0.2, 0) is 65.4 Å². The number of phosphoric acid groups is 2. The number of carbonyl (C=O) groups is 4. The molecular formula is C68H124O17P2. The van der Waals surface area contributed by atoms with Crippen LogP contribution < -0.4 is 0 Å². The van der Waals surface area contributed by atoms with E-state index in [2.05, 4.69) is 83.2 Å². The number of ether oxygens (including phenoxy) is 4. The number of allylic oxidation sites excluding steroid dienone is 8. The van der Waals surface area contributed by atoms with Crippen molar-refractivity contribution in [2.24, 2.45) is 5.92 Å². The van der Waals surface area contributed by atoms with Gasteiger partial charge < -0.3 is 33.8 Å². The van der Waals surface area contributed by atoms with E-state index in [1.165, 1.54) is 83.5 Å². The van der Waals surface area contributed by atoms with E-state index in [-0.39, 0.29) is 25.7 Å². The van der Waals surface area contributed by atoms with E-state index in [9.17, 15) is 43.2 Å². The molecule has 0 aromatic heterocycles. The number of unbranched alkanes of at least 4 members (excludes halogenated alkanes) is 30. The molecule has 0 spiro atoms. The van der Waals surface area contributed by atoms with Gasteiger partial charge in [0.1, 0.15) is 19.3 Å². The second-order valence-corrected chi connectivity index (χ2v) is 26.6. The average molecular weight is 1280 g/mol. The molecule has 0 aromatic carbocycles. The Kier molecular flexibility index (Phi) is 58.5. The Labute approximate surface area is 527 Å². The van der Waals surface area contributed by atoms with Gasteiger partial charge in [0.2, 0.25) is 0 Å². The minimum absolute atomic E-state index is 0.0779. The van der Waals surface area contributed by atoms with Crippen molar-refractivity contribution in [2.45, 2.75) is 316 Å². The zero-order valence-electron chi connectivity index (χ0n) is 55.1. The van der Waals surface area contributed by atoms with Crippen LogP contribution in [0.5, 0.6) is 0 Å². The summed E-state index contributed by atoms with van der Waals surface area (Å²) in [4.78, 5) is 72.1. The lowest BCUT2D eigenvalue weighted by atomic mass is 10.0. The number of hydrogen-bond acceptors (Lipinski definition) is 15. The number of phosphoric ester groups is 2. The maximum atomic E-state index is 13.0. The Bertz CT molecular complexity index is 1870. The van der Waals surface area contributed by atoms with E-state index in [1.54, 1.807) is 0 Å². The predicted molar refractivity (Wildman–Crippen MR) is 349 cm³/mol. The minimum Gasteiger partial charge on any atom is -0.462 e. The Hall–Kier alpha value is -2.98. The first-order valence-electron chi connectivity index (χ1n) is 34.3. The Morgan fingerprint density at radius 2 is 0.621 bits per heavy atom. The Morgan fingerprint density at radius 1 is 0.356 bits per heavy atom. The van der Waals surface area contributed by atoms with Crippen molar-refractivity contribution in [3.05, 3.63) is 48.6 Å². The SMILES string of the molecule is CCCCCC/C=C\C=C/CCCCCCCC(=O)OC[C@H](COP(=O)(O)OC[C@@H](O)COP(=O)(O)OC[C@@H](COC(=O)CCCCCCC)OC(=O)CCCCCCCCCCCC(C)C)OC(=O)CCCCCCC/C=C\C=C/CCCCCC. The minimum atomic E-state index is -4.96. The number of aliphatic hydroxyl groups is 1. The van der Waals surface area contributed by atoms with Gasteiger partial charge in [-0.3, -0.25) is 37.3 Å². The van der Waals surface area contributed by atoms with E-state index >= 15 is 0 Å². The topological polar surface area (TPSA) is 237 Å². The van der Waals surface area contributed by atoms with Crippen LogP contribution >= 0.6 is 15.6 Å². The maximum Gasteiger partial charge on any atom is 0.472 e. The molecule has 0 saturated heterocycles. The highest BCUT2D eigenvalue weighted by Crippen LogP contribution is 2.45. The van der Waals surface area contributed by atoms with E-state index < -0.39 is 97.5 Å². The summed E-state index contributed by atoms with van der Waals surface area (Å²) in [5.74, 6) is -1.47. The molecule has 0 amide bonds. The van der Waals surface area contributed by atoms with Gasteiger partial charge in [0, 0.05) is 25.7 Å². The lowest BCUT2D eigenvalue weighted by molar-refractivity contribution is -0.161. The normalized spacial score (nSPS) is 14.5. The van der Waals surface area contributed by atoms with Crippen molar-refractivity contribution in [2.75, 3.05) is 39.6 Å². The molecule has 0 bridgehead atoms. The molecule has 17 nitrogen and oxygen atoms in total. The molecule has 0 fully saturated rings. The lowest BCUT2D eigenvalue weighted by Gasteiger charge is -2.21. The summed E-state index contributed by atoms with van der Waals surface area (Å²) in [6, 6.07) is 0. The maximum absolute atomic E-state index is 13.0. The highest BCUT2D eigenvalue weighted by atomic mass is 31.2. The summed E-state index contributed by atoms with van der Waals surface area (Å²) >= 11 is 0. The van der Waals surface area contributed by atoms with Gasteiger partial charge in [-0.05, 0) is 83.0 Å². The van der Waals surface area contributed by atoms with Crippen molar-refractivity contribution in [1.29, 1.82) is 0 Å². The highest BCUT2D eigenvalue weighted by Gasteiger charge is 2.30. The number of aliphatic hydroxyl groups excluding tert-OH is 1. The van der Waals surface area contributed by atoms with Crippen LogP contribution in [0.1, 0.15) is 298 Å². The first-order valence-corrected chi connectivity index (χ1v) is 37.3. The van der Waals surface area contributed by atoms with Gasteiger partial charge in [0.25, 0.3) is 0 Å². The van der Waals surface area contributed by atoms with Gasteiger partial charge in [0.05, 0.1) is 26.4 Å². The Balaban J connectivity index is 5.25. The van der Waals surface area contributed by atoms with Gasteiger partial charge in [-0.25, -0.2) is 9.13 Å². The molecule has 0 aliphatic rings. The van der Waals surface area contributed by atoms with Gasteiger partial charge in [-0.2, -0.15) is 0 Å². The quantitative estimate of drug-likeness (QED) is 0.0169. The molecule has 5 atom stereocenters. The van der Waals surface area contributed by atoms with Gasteiger partial charge in [-0.15, -0.1) is 0 Å². The zero-order valence-corrected chi connectivity index (χ0v) is 56.9. The van der Waals surface area contributed by atoms with Crippen molar-refractivity contribution in [3.8, 4) is 0 Å². The van der Waals surface area contributed by atoms with Crippen LogP contribution in [-0.4, -0.2) is 96.7 Å². The number of esters is 4. The number of carbonyl (C=O) groups excluding carboxylic acids is 4. The van der Waals surface area contributed by atoms with Crippen LogP contribution in [0.3, 0.4) is 0 Å².